The molecule has 0 aromatic heterocycles. The highest BCUT2D eigenvalue weighted by Crippen LogP contribution is 2.27. The van der Waals surface area contributed by atoms with Crippen molar-refractivity contribution >= 4 is 21.8 Å². The molecular weight excluding hydrogens is 340 g/mol. The monoisotopic (exact) mass is 368 g/mol. The molecule has 0 aliphatic carbocycles. The topological polar surface area (TPSA) is 40.6 Å². The zero-order chi connectivity index (χ0) is 17.2. The summed E-state index contributed by atoms with van der Waals surface area (Å²) in [6.07, 6.45) is 3.42. The number of hydrogen-bond acceptors (Lipinski definition) is 4. The first-order chi connectivity index (χ1) is 11.5. The van der Waals surface area contributed by atoms with Gasteiger partial charge in [0.2, 0.25) is 10.0 Å². The Morgan fingerprint density at radius 2 is 1.88 bits per heavy atom. The predicted molar refractivity (Wildman–Crippen MR) is 101 cm³/mol. The number of likely N-dealkylation sites (tertiary alicyclic amines) is 1. The summed E-state index contributed by atoms with van der Waals surface area (Å²) in [5.74, 6) is 1.95. The molecule has 0 bridgehead atoms. The van der Waals surface area contributed by atoms with Crippen LogP contribution in [-0.4, -0.2) is 61.3 Å². The Morgan fingerprint density at radius 3 is 2.62 bits per heavy atom. The first-order valence-electron chi connectivity index (χ1n) is 8.88. The van der Waals surface area contributed by atoms with Crippen LogP contribution in [0.25, 0.3) is 0 Å². The van der Waals surface area contributed by atoms with Gasteiger partial charge in [-0.25, -0.2) is 8.42 Å². The molecule has 1 aromatic carbocycles. The van der Waals surface area contributed by atoms with E-state index in [4.69, 9.17) is 0 Å². The van der Waals surface area contributed by atoms with Gasteiger partial charge in [0.05, 0.1) is 4.90 Å². The van der Waals surface area contributed by atoms with Gasteiger partial charge in [0, 0.05) is 24.9 Å². The molecule has 0 radical (unpaired) electrons. The fourth-order valence-electron chi connectivity index (χ4n) is 3.64. The highest BCUT2D eigenvalue weighted by Gasteiger charge is 2.34. The first kappa shape index (κ1) is 18.2. The zero-order valence-corrected chi connectivity index (χ0v) is 16.3. The quantitative estimate of drug-likeness (QED) is 0.819. The fourth-order valence-corrected chi connectivity index (χ4v) is 6.76. The molecule has 0 saturated carbocycles. The molecule has 3 rings (SSSR count). The van der Waals surface area contributed by atoms with Crippen LogP contribution < -0.4 is 0 Å². The van der Waals surface area contributed by atoms with Crippen molar-refractivity contribution < 1.29 is 8.42 Å². The lowest BCUT2D eigenvalue weighted by molar-refractivity contribution is 0.243. The maximum Gasteiger partial charge on any atom is 0.243 e. The van der Waals surface area contributed by atoms with E-state index in [-0.39, 0.29) is 6.04 Å². The van der Waals surface area contributed by atoms with Crippen molar-refractivity contribution in [3.63, 3.8) is 0 Å². The highest BCUT2D eigenvalue weighted by atomic mass is 32.2. The summed E-state index contributed by atoms with van der Waals surface area (Å²) in [5.41, 5.74) is 1.84. The lowest BCUT2D eigenvalue weighted by atomic mass is 10.2. The third-order valence-electron chi connectivity index (χ3n) is 4.98. The summed E-state index contributed by atoms with van der Waals surface area (Å²) in [6.45, 7) is 7.59. The summed E-state index contributed by atoms with van der Waals surface area (Å²) in [4.78, 5) is 2.92. The number of rotatable bonds is 4. The van der Waals surface area contributed by atoms with Gasteiger partial charge in [-0.2, -0.15) is 16.1 Å². The number of aryl methyl sites for hydroxylation is 2. The van der Waals surface area contributed by atoms with Crippen molar-refractivity contribution in [1.29, 1.82) is 0 Å². The molecule has 2 saturated heterocycles. The molecule has 1 unspecified atom stereocenters. The molecule has 2 fully saturated rings. The van der Waals surface area contributed by atoms with Gasteiger partial charge in [0.15, 0.2) is 0 Å². The molecular formula is C18H28N2O2S2. The van der Waals surface area contributed by atoms with Gasteiger partial charge in [0.1, 0.15) is 0 Å². The molecule has 24 heavy (non-hydrogen) atoms. The molecule has 1 atom stereocenters. The standard InChI is InChI=1S/C18H28N2O2S2/c1-15-6-7-16(2)18(12-15)24(21,22)20-10-5-11-23-14-17(20)13-19-8-3-4-9-19/h6-7,12,17H,3-5,8-11,13-14H2,1-2H3. The number of benzene rings is 1. The van der Waals surface area contributed by atoms with Crippen LogP contribution in [0.2, 0.25) is 0 Å². The second kappa shape index (κ2) is 7.77. The minimum atomic E-state index is -3.44. The van der Waals surface area contributed by atoms with Crippen molar-refractivity contribution in [2.24, 2.45) is 0 Å². The van der Waals surface area contributed by atoms with E-state index in [2.05, 4.69) is 4.90 Å². The molecule has 0 amide bonds. The van der Waals surface area contributed by atoms with Crippen molar-refractivity contribution in [1.82, 2.24) is 9.21 Å². The lowest BCUT2D eigenvalue weighted by Gasteiger charge is -2.32. The van der Waals surface area contributed by atoms with E-state index in [1.807, 2.05) is 43.8 Å². The average Bonchev–Trinajstić information content (AvgIpc) is 2.93. The van der Waals surface area contributed by atoms with E-state index >= 15 is 0 Å². The van der Waals surface area contributed by atoms with E-state index in [1.165, 1.54) is 12.8 Å². The molecule has 134 valence electrons. The van der Waals surface area contributed by atoms with Crippen LogP contribution in [0.3, 0.4) is 0 Å². The largest absolute Gasteiger partial charge is 0.302 e. The Hall–Kier alpha value is -0.560. The van der Waals surface area contributed by atoms with E-state index in [1.54, 1.807) is 4.31 Å². The maximum absolute atomic E-state index is 13.4. The van der Waals surface area contributed by atoms with E-state index < -0.39 is 10.0 Å². The van der Waals surface area contributed by atoms with Crippen molar-refractivity contribution in [2.75, 3.05) is 37.7 Å². The van der Waals surface area contributed by atoms with E-state index in [0.717, 1.165) is 48.7 Å². The first-order valence-corrected chi connectivity index (χ1v) is 11.5. The summed E-state index contributed by atoms with van der Waals surface area (Å²) in [6, 6.07) is 5.81. The fraction of sp³-hybridized carbons (Fsp3) is 0.667. The van der Waals surface area contributed by atoms with Crippen LogP contribution in [0.5, 0.6) is 0 Å². The van der Waals surface area contributed by atoms with Gasteiger partial charge < -0.3 is 4.90 Å². The lowest BCUT2D eigenvalue weighted by Crippen LogP contribution is -2.47. The third kappa shape index (κ3) is 3.98. The molecule has 6 heteroatoms. The number of sulfonamides is 1. The van der Waals surface area contributed by atoms with Gasteiger partial charge in [-0.15, -0.1) is 0 Å². The van der Waals surface area contributed by atoms with Gasteiger partial charge in [-0.05, 0) is 69.1 Å². The Bertz CT molecular complexity index is 670. The molecule has 0 N–H and O–H groups in total. The molecule has 2 heterocycles. The Morgan fingerprint density at radius 1 is 1.12 bits per heavy atom. The van der Waals surface area contributed by atoms with Crippen LogP contribution in [0.1, 0.15) is 30.4 Å². The van der Waals surface area contributed by atoms with Gasteiger partial charge in [-0.3, -0.25) is 0 Å². The van der Waals surface area contributed by atoms with Crippen LogP contribution in [0, 0.1) is 13.8 Å². The zero-order valence-electron chi connectivity index (χ0n) is 14.7. The summed E-state index contributed by atoms with van der Waals surface area (Å²) in [7, 11) is -3.44. The van der Waals surface area contributed by atoms with Gasteiger partial charge in [-0.1, -0.05) is 12.1 Å². The third-order valence-corrected chi connectivity index (χ3v) is 8.27. The normalized spacial score (nSPS) is 24.2. The molecule has 0 spiro atoms. The molecule has 2 aliphatic rings. The van der Waals surface area contributed by atoms with Gasteiger partial charge >= 0.3 is 0 Å². The Labute approximate surface area is 150 Å². The molecule has 2 aliphatic heterocycles. The Balaban J connectivity index is 1.90. The molecule has 4 nitrogen and oxygen atoms in total. The van der Waals surface area contributed by atoms with E-state index in [9.17, 15) is 8.42 Å². The van der Waals surface area contributed by atoms with Crippen molar-refractivity contribution in [2.45, 2.75) is 44.0 Å². The van der Waals surface area contributed by atoms with Crippen LogP contribution >= 0.6 is 11.8 Å². The summed E-state index contributed by atoms with van der Waals surface area (Å²) >= 11 is 1.90. The number of thioether (sulfide) groups is 1. The predicted octanol–water partition coefficient (Wildman–Crippen LogP) is 2.90. The maximum atomic E-state index is 13.4. The van der Waals surface area contributed by atoms with Crippen LogP contribution in [-0.2, 0) is 10.0 Å². The minimum absolute atomic E-state index is 0.0838. The minimum Gasteiger partial charge on any atom is -0.302 e. The number of nitrogens with zero attached hydrogens (tertiary/aromatic N) is 2. The van der Waals surface area contributed by atoms with Crippen LogP contribution in [0.15, 0.2) is 23.1 Å². The van der Waals surface area contributed by atoms with Crippen molar-refractivity contribution in [3.05, 3.63) is 29.3 Å². The molecule has 1 aromatic rings. The van der Waals surface area contributed by atoms with Crippen molar-refractivity contribution in [3.8, 4) is 0 Å². The van der Waals surface area contributed by atoms with Crippen LogP contribution in [0.4, 0.5) is 0 Å². The summed E-state index contributed by atoms with van der Waals surface area (Å²) < 4.78 is 28.6. The highest BCUT2D eigenvalue weighted by molar-refractivity contribution is 7.99. The van der Waals surface area contributed by atoms with E-state index in [0.29, 0.717) is 11.4 Å². The SMILES string of the molecule is Cc1ccc(C)c(S(=O)(=O)N2CCCSCC2CN2CCCC2)c1. The van der Waals surface area contributed by atoms with Gasteiger partial charge in [0.25, 0.3) is 0 Å². The number of hydrogen-bond donors (Lipinski definition) is 0. The second-order valence-corrected chi connectivity index (χ2v) is 9.98. The summed E-state index contributed by atoms with van der Waals surface area (Å²) in [5, 5.41) is 0. The Kier molecular flexibility index (Phi) is 5.90. The second-order valence-electron chi connectivity index (χ2n) is 6.97. The smallest absolute Gasteiger partial charge is 0.243 e. The average molecular weight is 369 g/mol.